The van der Waals surface area contributed by atoms with Gasteiger partial charge in [0.05, 0.1) is 38.6 Å². The third-order valence-electron chi connectivity index (χ3n) is 5.17. The second-order valence-electron chi connectivity index (χ2n) is 7.83. The maximum absolute atomic E-state index is 15.1. The lowest BCUT2D eigenvalue weighted by atomic mass is 10.2. The van der Waals surface area contributed by atoms with Crippen molar-refractivity contribution < 1.29 is 31.3 Å². The Balaban J connectivity index is 1.63. The molecule has 0 radical (unpaired) electrons. The van der Waals surface area contributed by atoms with E-state index >= 15 is 4.39 Å². The van der Waals surface area contributed by atoms with E-state index in [-0.39, 0.29) is 33.8 Å². The predicted octanol–water partition coefficient (Wildman–Crippen LogP) is 4.30. The second-order valence-corrected chi connectivity index (χ2v) is 10.4. The van der Waals surface area contributed by atoms with Crippen LogP contribution in [-0.2, 0) is 14.5 Å². The number of halogens is 4. The van der Waals surface area contributed by atoms with Crippen LogP contribution in [0.25, 0.3) is 10.9 Å². The minimum atomic E-state index is -2.74. The van der Waals surface area contributed by atoms with Crippen molar-refractivity contribution in [3.05, 3.63) is 48.3 Å². The van der Waals surface area contributed by atoms with Crippen molar-refractivity contribution in [3.63, 3.8) is 0 Å². The number of aromatic nitrogens is 2. The van der Waals surface area contributed by atoms with Crippen molar-refractivity contribution in [1.29, 1.82) is 0 Å². The van der Waals surface area contributed by atoms with E-state index in [0.717, 1.165) is 24.6 Å². The van der Waals surface area contributed by atoms with E-state index in [9.17, 15) is 22.2 Å². The maximum atomic E-state index is 15.1. The molecule has 1 amide bonds. The number of alkyl halides is 2. The van der Waals surface area contributed by atoms with Gasteiger partial charge >= 0.3 is 0 Å². The van der Waals surface area contributed by atoms with Crippen LogP contribution in [0, 0.1) is 11.6 Å². The Morgan fingerprint density at radius 3 is 2.66 bits per heavy atom. The van der Waals surface area contributed by atoms with Crippen molar-refractivity contribution in [3.8, 4) is 5.75 Å². The van der Waals surface area contributed by atoms with Gasteiger partial charge in [-0.3, -0.25) is 4.79 Å². The van der Waals surface area contributed by atoms with E-state index in [1.807, 2.05) is 5.32 Å². The highest BCUT2D eigenvalue weighted by Crippen LogP contribution is 2.34. The van der Waals surface area contributed by atoms with Crippen LogP contribution in [-0.4, -0.2) is 50.7 Å². The highest BCUT2D eigenvalue weighted by atomic mass is 32.2. The minimum Gasteiger partial charge on any atom is -0.479 e. The van der Waals surface area contributed by atoms with Crippen LogP contribution in [0.3, 0.4) is 0 Å². The molecule has 4 rings (SSSR count). The lowest BCUT2D eigenvalue weighted by Crippen LogP contribution is -2.38. The van der Waals surface area contributed by atoms with Crippen molar-refractivity contribution in [2.24, 2.45) is 4.36 Å². The Morgan fingerprint density at radius 1 is 1.20 bits per heavy atom. The highest BCUT2D eigenvalue weighted by Gasteiger charge is 2.21. The predicted molar refractivity (Wildman–Crippen MR) is 123 cm³/mol. The van der Waals surface area contributed by atoms with Crippen LogP contribution in [0.5, 0.6) is 5.75 Å². The number of nitrogens with one attached hydrogen (secondary N) is 2. The first-order valence-electron chi connectivity index (χ1n) is 10.6. The molecule has 35 heavy (non-hydrogen) atoms. The van der Waals surface area contributed by atoms with E-state index in [1.165, 1.54) is 25.4 Å². The number of rotatable bonds is 8. The number of carbonyl (C=O) groups excluding carboxylic acids is 1. The summed E-state index contributed by atoms with van der Waals surface area (Å²) < 4.78 is 75.7. The Bertz CT molecular complexity index is 1390. The van der Waals surface area contributed by atoms with E-state index in [4.69, 9.17) is 4.74 Å². The normalized spacial score (nSPS) is 15.4. The van der Waals surface area contributed by atoms with Crippen molar-refractivity contribution in [1.82, 2.24) is 15.3 Å². The molecule has 2 N–H and O–H groups in total. The number of carbonyl (C=O) groups is 1. The zero-order valence-electron chi connectivity index (χ0n) is 18.4. The van der Waals surface area contributed by atoms with Crippen molar-refractivity contribution in [2.45, 2.75) is 25.9 Å². The fraction of sp³-hybridized carbons (Fsp3) is 0.318. The molecule has 3 aromatic rings. The molecule has 1 atom stereocenters. The van der Waals surface area contributed by atoms with Crippen LogP contribution >= 0.6 is 0 Å². The first kappa shape index (κ1) is 24.6. The molecule has 1 aromatic heterocycles. The number of ether oxygens (including phenoxy) is 1. The van der Waals surface area contributed by atoms with Crippen LogP contribution in [0.2, 0.25) is 0 Å². The fourth-order valence-electron chi connectivity index (χ4n) is 3.34. The average molecular weight is 512 g/mol. The van der Waals surface area contributed by atoms with Crippen molar-refractivity contribution >= 4 is 43.7 Å². The summed E-state index contributed by atoms with van der Waals surface area (Å²) >= 11 is 0. The van der Waals surface area contributed by atoms with Gasteiger partial charge < -0.3 is 15.4 Å². The molecule has 1 fully saturated rings. The standard InChI is InChI=1S/C22H21F4N5O3S/c1-12(22(32)27-10-19(25)26)34-18-7-13(23)3-4-16(18)30-21-20-15(24)8-14(9-17(20)28-11-29-21)31-35(33)5-2-6-35/h3-4,7-9,11-12,19H,2,5-6,10H2,1H3,(H,27,32)(H,28,29,30)/t12-/m1/s1. The smallest absolute Gasteiger partial charge is 0.260 e. The quantitative estimate of drug-likeness (QED) is 0.437. The number of hydrogen-bond donors (Lipinski definition) is 2. The molecular formula is C22H21F4N5O3S. The summed E-state index contributed by atoms with van der Waals surface area (Å²) in [6, 6.07) is 6.03. The molecule has 0 bridgehead atoms. The SMILES string of the molecule is C[C@@H](Oc1cc(F)ccc1Nc1ncnc2cc(N=S3(=O)CCC3)cc(F)c12)C(=O)NCC(F)F. The number of hydrogen-bond acceptors (Lipinski definition) is 7. The number of benzene rings is 2. The Kier molecular flexibility index (Phi) is 7.05. The Hall–Kier alpha value is -3.48. The first-order valence-corrected chi connectivity index (χ1v) is 12.4. The van der Waals surface area contributed by atoms with Gasteiger partial charge in [0.25, 0.3) is 12.3 Å². The highest BCUT2D eigenvalue weighted by molar-refractivity contribution is 7.95. The molecule has 1 aliphatic heterocycles. The average Bonchev–Trinajstić information content (AvgIpc) is 2.78. The zero-order chi connectivity index (χ0) is 25.2. The largest absolute Gasteiger partial charge is 0.479 e. The third kappa shape index (κ3) is 5.78. The number of amides is 1. The third-order valence-corrected chi connectivity index (χ3v) is 7.57. The molecule has 1 saturated heterocycles. The number of nitrogens with zero attached hydrogens (tertiary/aromatic N) is 3. The molecule has 2 heterocycles. The molecular weight excluding hydrogens is 490 g/mol. The fourth-order valence-corrected chi connectivity index (χ4v) is 4.79. The van der Waals surface area contributed by atoms with Gasteiger partial charge in [0, 0.05) is 23.6 Å². The van der Waals surface area contributed by atoms with Gasteiger partial charge in [-0.05, 0) is 31.5 Å². The minimum absolute atomic E-state index is 0.00742. The Labute approximate surface area is 198 Å². The van der Waals surface area contributed by atoms with Crippen LogP contribution in [0.4, 0.5) is 34.8 Å². The molecule has 8 nitrogen and oxygen atoms in total. The van der Waals surface area contributed by atoms with Crippen LogP contribution in [0.1, 0.15) is 13.3 Å². The van der Waals surface area contributed by atoms with Gasteiger partial charge in [-0.1, -0.05) is 0 Å². The zero-order valence-corrected chi connectivity index (χ0v) is 19.3. The van der Waals surface area contributed by atoms with E-state index in [2.05, 4.69) is 19.6 Å². The van der Waals surface area contributed by atoms with E-state index in [0.29, 0.717) is 11.5 Å². The summed E-state index contributed by atoms with van der Waals surface area (Å²) in [4.78, 5) is 20.1. The van der Waals surface area contributed by atoms with Crippen LogP contribution in [0.15, 0.2) is 41.0 Å². The Morgan fingerprint density at radius 2 is 1.97 bits per heavy atom. The van der Waals surface area contributed by atoms with Crippen molar-refractivity contribution in [2.75, 3.05) is 23.4 Å². The summed E-state index contributed by atoms with van der Waals surface area (Å²) in [7, 11) is -2.35. The summed E-state index contributed by atoms with van der Waals surface area (Å²) in [6.07, 6.45) is -1.97. The van der Waals surface area contributed by atoms with Gasteiger partial charge in [-0.2, -0.15) is 4.36 Å². The molecule has 0 aliphatic carbocycles. The summed E-state index contributed by atoms with van der Waals surface area (Å²) in [5.41, 5.74) is 0.553. The molecule has 0 unspecified atom stereocenters. The van der Waals surface area contributed by atoms with E-state index in [1.54, 1.807) is 0 Å². The van der Waals surface area contributed by atoms with E-state index < -0.39 is 46.3 Å². The first-order chi connectivity index (χ1) is 16.6. The lowest BCUT2D eigenvalue weighted by Gasteiger charge is -2.19. The van der Waals surface area contributed by atoms with Gasteiger partial charge in [0.2, 0.25) is 0 Å². The molecule has 0 saturated carbocycles. The lowest BCUT2D eigenvalue weighted by molar-refractivity contribution is -0.127. The maximum Gasteiger partial charge on any atom is 0.260 e. The summed E-state index contributed by atoms with van der Waals surface area (Å²) in [6.45, 7) is 0.462. The molecule has 13 heteroatoms. The van der Waals surface area contributed by atoms with Gasteiger partial charge in [0.1, 0.15) is 29.5 Å². The molecule has 186 valence electrons. The summed E-state index contributed by atoms with van der Waals surface area (Å²) in [5.74, 6) is -1.37. The monoisotopic (exact) mass is 511 g/mol. The number of fused-ring (bicyclic) bond motifs is 1. The van der Waals surface area contributed by atoms with Gasteiger partial charge in [0.15, 0.2) is 6.10 Å². The second kappa shape index (κ2) is 10.0. The summed E-state index contributed by atoms with van der Waals surface area (Å²) in [5, 5.41) is 4.87. The van der Waals surface area contributed by atoms with Gasteiger partial charge in [-0.25, -0.2) is 31.7 Å². The molecule has 2 aromatic carbocycles. The molecule has 0 spiro atoms. The number of anilines is 2. The van der Waals surface area contributed by atoms with Crippen LogP contribution < -0.4 is 15.4 Å². The topological polar surface area (TPSA) is 106 Å². The van der Waals surface area contributed by atoms with Gasteiger partial charge in [-0.15, -0.1) is 0 Å². The molecule has 1 aliphatic rings.